The van der Waals surface area contributed by atoms with E-state index in [0.717, 1.165) is 30.5 Å². The normalized spacial score (nSPS) is 17.1. The predicted octanol–water partition coefficient (Wildman–Crippen LogP) is 2.93. The summed E-state index contributed by atoms with van der Waals surface area (Å²) in [4.78, 5) is 28.5. The predicted molar refractivity (Wildman–Crippen MR) is 140 cm³/mol. The van der Waals surface area contributed by atoms with Gasteiger partial charge in [-0.05, 0) is 49.7 Å². The number of carbonyl (C=O) groups excluding carboxylic acids is 2. The van der Waals surface area contributed by atoms with Crippen LogP contribution >= 0.6 is 11.3 Å². The summed E-state index contributed by atoms with van der Waals surface area (Å²) in [6.07, 6.45) is 1.66. The molecule has 1 unspecified atom stereocenters. The number of benzene rings is 2. The number of ketones is 1. The number of nitrogens with two attached hydrogens (primary N) is 1. The second-order valence-corrected chi connectivity index (χ2v) is 9.79. The number of rotatable bonds is 10. The van der Waals surface area contributed by atoms with Crippen LogP contribution in [0.25, 0.3) is 0 Å². The first-order valence-electron chi connectivity index (χ1n) is 11.8. The summed E-state index contributed by atoms with van der Waals surface area (Å²) in [7, 11) is 1.76. The number of Topliss-reactive ketones (excluding diaryl/α,β-unsaturated/α-hetero) is 1. The molecule has 1 aliphatic rings. The van der Waals surface area contributed by atoms with Crippen molar-refractivity contribution in [2.75, 3.05) is 13.6 Å². The minimum atomic E-state index is -0.820. The third-order valence-corrected chi connectivity index (χ3v) is 7.58. The molecule has 1 aromatic heterocycles. The number of hydrogen-bond acceptors (Lipinski definition) is 6. The van der Waals surface area contributed by atoms with Gasteiger partial charge >= 0.3 is 0 Å². The van der Waals surface area contributed by atoms with Crippen LogP contribution in [0.3, 0.4) is 0 Å². The summed E-state index contributed by atoms with van der Waals surface area (Å²) in [5.41, 5.74) is 7.67. The average Bonchev–Trinajstić information content (AvgIpc) is 3.59. The number of carbonyl (C=O) groups is 2. The zero-order valence-electron chi connectivity index (χ0n) is 19.7. The van der Waals surface area contributed by atoms with E-state index in [4.69, 9.17) is 11.1 Å². The van der Waals surface area contributed by atoms with Gasteiger partial charge in [-0.25, -0.2) is 0 Å². The molecule has 4 rings (SSSR count). The molecule has 1 fully saturated rings. The van der Waals surface area contributed by atoms with Gasteiger partial charge in [0.05, 0.1) is 17.0 Å². The molecular formula is C27H31N5O2S. The monoisotopic (exact) mass is 489 g/mol. The van der Waals surface area contributed by atoms with Gasteiger partial charge < -0.3 is 21.7 Å². The zero-order valence-corrected chi connectivity index (χ0v) is 20.5. The van der Waals surface area contributed by atoms with Gasteiger partial charge in [-0.1, -0.05) is 60.7 Å². The van der Waals surface area contributed by atoms with E-state index in [-0.39, 0.29) is 29.5 Å². The molecule has 1 saturated heterocycles. The fraction of sp³-hybridized carbons (Fsp3) is 0.296. The van der Waals surface area contributed by atoms with Gasteiger partial charge in [0.15, 0.2) is 5.78 Å². The molecule has 2 heterocycles. The first-order chi connectivity index (χ1) is 17.0. The summed E-state index contributed by atoms with van der Waals surface area (Å²) < 4.78 is 0. The fourth-order valence-corrected chi connectivity index (χ4v) is 5.57. The van der Waals surface area contributed by atoms with Crippen LogP contribution in [-0.2, 0) is 9.59 Å². The van der Waals surface area contributed by atoms with Gasteiger partial charge in [-0.15, -0.1) is 11.3 Å². The molecule has 0 saturated carbocycles. The summed E-state index contributed by atoms with van der Waals surface area (Å²) in [5.74, 6) is -0.643. The Morgan fingerprint density at radius 2 is 1.66 bits per heavy atom. The number of amides is 1. The van der Waals surface area contributed by atoms with Crippen LogP contribution < -0.4 is 21.7 Å². The lowest BCUT2D eigenvalue weighted by atomic mass is 9.84. The average molecular weight is 490 g/mol. The smallest absolute Gasteiger partial charge is 0.238 e. The Labute approximate surface area is 209 Å². The molecule has 3 atom stereocenters. The van der Waals surface area contributed by atoms with Crippen molar-refractivity contribution in [3.8, 4) is 0 Å². The van der Waals surface area contributed by atoms with Gasteiger partial charge in [0.2, 0.25) is 5.91 Å². The molecule has 0 radical (unpaired) electrons. The maximum Gasteiger partial charge on any atom is 0.238 e. The second kappa shape index (κ2) is 11.4. The van der Waals surface area contributed by atoms with Crippen LogP contribution in [0.4, 0.5) is 0 Å². The minimum Gasteiger partial charge on any atom is -0.383 e. The summed E-state index contributed by atoms with van der Waals surface area (Å²) in [5, 5.41) is 17.2. The third kappa shape index (κ3) is 5.67. The second-order valence-electron chi connectivity index (χ2n) is 8.67. The largest absolute Gasteiger partial charge is 0.383 e. The molecule has 6 N–H and O–H groups in total. The van der Waals surface area contributed by atoms with E-state index >= 15 is 0 Å². The van der Waals surface area contributed by atoms with Crippen LogP contribution in [0.15, 0.2) is 72.8 Å². The number of nitrogens with one attached hydrogen (secondary N) is 4. The third-order valence-electron chi connectivity index (χ3n) is 6.40. The van der Waals surface area contributed by atoms with Crippen LogP contribution in [-0.4, -0.2) is 43.2 Å². The zero-order chi connectivity index (χ0) is 24.8. The molecule has 7 nitrogen and oxygen atoms in total. The standard InChI is InChI=1S/C27H31N5O2S/c1-30-24(22(17-9-4-2-5-10-17)18-11-6-3-7-12-18)27(34)32-23(25(33)19-13-8-16-31-19)20-14-15-21(35-20)26(28)29/h2-7,9-12,14-15,19,22-24,30-31H,8,13,16H2,1H3,(H3,28,29)(H,32,34)/t19-,23?,24+/m0/s1. The van der Waals surface area contributed by atoms with Crippen molar-refractivity contribution in [3.63, 3.8) is 0 Å². The molecule has 35 heavy (non-hydrogen) atoms. The maximum atomic E-state index is 13.8. The highest BCUT2D eigenvalue weighted by molar-refractivity contribution is 7.14. The summed E-state index contributed by atoms with van der Waals surface area (Å²) in [6.45, 7) is 0.781. The number of nitrogen functional groups attached to an aromatic ring is 1. The number of amidine groups is 1. The molecule has 3 aromatic rings. The molecule has 1 aliphatic heterocycles. The van der Waals surface area contributed by atoms with Crippen molar-refractivity contribution in [1.29, 1.82) is 5.41 Å². The van der Waals surface area contributed by atoms with E-state index in [9.17, 15) is 9.59 Å². The van der Waals surface area contributed by atoms with Gasteiger partial charge in [-0.3, -0.25) is 15.0 Å². The lowest BCUT2D eigenvalue weighted by Crippen LogP contribution is -2.50. The first kappa shape index (κ1) is 24.8. The number of hydrogen-bond donors (Lipinski definition) is 5. The van der Waals surface area contributed by atoms with Crippen LogP contribution in [0.5, 0.6) is 0 Å². The quantitative estimate of drug-likeness (QED) is 0.222. The van der Waals surface area contributed by atoms with Crippen molar-refractivity contribution in [3.05, 3.63) is 93.7 Å². The Balaban J connectivity index is 1.67. The van der Waals surface area contributed by atoms with Crippen molar-refractivity contribution in [2.24, 2.45) is 5.73 Å². The SMILES string of the molecule is CN[C@@H](C(=O)NC(C(=O)[C@@H]1CCCN1)c1ccc(C(=N)N)s1)C(c1ccccc1)c1ccccc1. The van der Waals surface area contributed by atoms with Crippen molar-refractivity contribution in [2.45, 2.75) is 36.9 Å². The number of thiophene rings is 1. The molecular weight excluding hydrogens is 458 g/mol. The highest BCUT2D eigenvalue weighted by atomic mass is 32.1. The molecule has 8 heteroatoms. The van der Waals surface area contributed by atoms with E-state index in [2.05, 4.69) is 16.0 Å². The summed E-state index contributed by atoms with van der Waals surface area (Å²) in [6, 6.07) is 21.6. The number of likely N-dealkylation sites (N-methyl/N-ethyl adjacent to an activating group) is 1. The van der Waals surface area contributed by atoms with Crippen molar-refractivity contribution >= 4 is 28.9 Å². The summed E-state index contributed by atoms with van der Waals surface area (Å²) >= 11 is 1.27. The van der Waals surface area contributed by atoms with Gasteiger partial charge in [0.1, 0.15) is 11.9 Å². The van der Waals surface area contributed by atoms with E-state index in [1.807, 2.05) is 60.7 Å². The molecule has 2 aromatic carbocycles. The molecule has 0 bridgehead atoms. The highest BCUT2D eigenvalue weighted by Gasteiger charge is 2.36. The van der Waals surface area contributed by atoms with E-state index in [1.165, 1.54) is 11.3 Å². The molecule has 0 aliphatic carbocycles. The van der Waals surface area contributed by atoms with Crippen LogP contribution in [0, 0.1) is 5.41 Å². The lowest BCUT2D eigenvalue weighted by Gasteiger charge is -2.29. The fourth-order valence-electron chi connectivity index (χ4n) is 4.64. The Morgan fingerprint density at radius 3 is 2.14 bits per heavy atom. The lowest BCUT2D eigenvalue weighted by molar-refractivity contribution is -0.130. The van der Waals surface area contributed by atoms with Crippen molar-refractivity contribution < 1.29 is 9.59 Å². The minimum absolute atomic E-state index is 0.0564. The van der Waals surface area contributed by atoms with Crippen LogP contribution in [0.1, 0.15) is 45.7 Å². The van der Waals surface area contributed by atoms with Gasteiger partial charge in [0.25, 0.3) is 0 Å². The van der Waals surface area contributed by atoms with Gasteiger partial charge in [0, 0.05) is 10.8 Å². The topological polar surface area (TPSA) is 120 Å². The first-order valence-corrected chi connectivity index (χ1v) is 12.6. The highest BCUT2D eigenvalue weighted by Crippen LogP contribution is 2.30. The van der Waals surface area contributed by atoms with Crippen molar-refractivity contribution in [1.82, 2.24) is 16.0 Å². The Kier molecular flexibility index (Phi) is 8.07. The van der Waals surface area contributed by atoms with E-state index < -0.39 is 12.1 Å². The molecule has 0 spiro atoms. The van der Waals surface area contributed by atoms with Gasteiger partial charge in [-0.2, -0.15) is 0 Å². The Hall–Kier alpha value is -3.33. The van der Waals surface area contributed by atoms with Crippen LogP contribution in [0.2, 0.25) is 0 Å². The molecule has 182 valence electrons. The van der Waals surface area contributed by atoms with E-state index in [1.54, 1.807) is 19.2 Å². The Morgan fingerprint density at radius 1 is 1.03 bits per heavy atom. The molecule has 1 amide bonds. The maximum absolute atomic E-state index is 13.8. The van der Waals surface area contributed by atoms with E-state index in [0.29, 0.717) is 9.75 Å². The Bertz CT molecular complexity index is 1120.